The molecule has 0 radical (unpaired) electrons. The van der Waals surface area contributed by atoms with Crippen molar-refractivity contribution in [3.63, 3.8) is 0 Å². The maximum absolute atomic E-state index is 11.7. The monoisotopic (exact) mass is 448 g/mol. The van der Waals surface area contributed by atoms with E-state index < -0.39 is 10.0 Å². The molecule has 0 saturated heterocycles. The van der Waals surface area contributed by atoms with Gasteiger partial charge in [0.05, 0.1) is 18.9 Å². The van der Waals surface area contributed by atoms with E-state index in [4.69, 9.17) is 4.42 Å². The highest BCUT2D eigenvalue weighted by Crippen LogP contribution is 2.24. The van der Waals surface area contributed by atoms with Gasteiger partial charge in [0, 0.05) is 6.42 Å². The van der Waals surface area contributed by atoms with Crippen molar-refractivity contribution in [3.05, 3.63) is 36.0 Å². The number of hydrogen-bond donors (Lipinski definition) is 3. The number of hydrogen-bond acceptors (Lipinski definition) is 9. The van der Waals surface area contributed by atoms with Crippen molar-refractivity contribution < 1.29 is 17.9 Å². The first-order valence-corrected chi connectivity index (χ1v) is 12.0. The molecule has 3 aromatic rings. The summed E-state index contributed by atoms with van der Waals surface area (Å²) in [6, 6.07) is 5.52. The van der Waals surface area contributed by atoms with Crippen molar-refractivity contribution in [2.24, 2.45) is 5.92 Å². The number of oxazole rings is 1. The van der Waals surface area contributed by atoms with Crippen molar-refractivity contribution in [3.8, 4) is 0 Å². The van der Waals surface area contributed by atoms with Gasteiger partial charge in [-0.3, -0.25) is 4.72 Å². The minimum absolute atomic E-state index is 0.0279. The van der Waals surface area contributed by atoms with E-state index in [9.17, 15) is 13.5 Å². The zero-order valence-electron chi connectivity index (χ0n) is 18.0. The number of aromatic nitrogens is 4. The van der Waals surface area contributed by atoms with Crippen LogP contribution in [0.15, 0.2) is 29.0 Å². The third-order valence-electron chi connectivity index (χ3n) is 4.68. The fourth-order valence-corrected chi connectivity index (χ4v) is 3.71. The normalized spacial score (nSPS) is 14.0. The molecule has 0 fully saturated rings. The SMILES string of the molecule is CC(C)C[C@H](CO)Nc1nc(CC(C)c2ccc3ncoc3c2)nc(NS(C)(=O)=O)n1. The first-order valence-electron chi connectivity index (χ1n) is 10.1. The summed E-state index contributed by atoms with van der Waals surface area (Å²) >= 11 is 0. The molecular weight excluding hydrogens is 420 g/mol. The average molecular weight is 449 g/mol. The molecule has 31 heavy (non-hydrogen) atoms. The van der Waals surface area contributed by atoms with Crippen LogP contribution in [0.2, 0.25) is 0 Å². The van der Waals surface area contributed by atoms with Crippen LogP contribution >= 0.6 is 0 Å². The number of nitrogens with zero attached hydrogens (tertiary/aromatic N) is 4. The number of aliphatic hydroxyl groups is 1. The first-order chi connectivity index (χ1) is 14.6. The Bertz CT molecular complexity index is 1130. The van der Waals surface area contributed by atoms with Crippen molar-refractivity contribution in [1.82, 2.24) is 19.9 Å². The van der Waals surface area contributed by atoms with Crippen LogP contribution in [0.4, 0.5) is 11.9 Å². The highest BCUT2D eigenvalue weighted by atomic mass is 32.2. The number of anilines is 2. The van der Waals surface area contributed by atoms with Crippen LogP contribution in [0.3, 0.4) is 0 Å². The maximum Gasteiger partial charge on any atom is 0.241 e. The fraction of sp³-hybridized carbons (Fsp3) is 0.500. The van der Waals surface area contributed by atoms with E-state index in [1.807, 2.05) is 39.0 Å². The largest absolute Gasteiger partial charge is 0.443 e. The summed E-state index contributed by atoms with van der Waals surface area (Å²) in [4.78, 5) is 17.0. The minimum Gasteiger partial charge on any atom is -0.443 e. The Morgan fingerprint density at radius 3 is 2.55 bits per heavy atom. The molecule has 10 nitrogen and oxygen atoms in total. The van der Waals surface area contributed by atoms with Gasteiger partial charge >= 0.3 is 0 Å². The van der Waals surface area contributed by atoms with E-state index in [0.29, 0.717) is 30.2 Å². The number of fused-ring (bicyclic) bond motifs is 1. The zero-order chi connectivity index (χ0) is 22.6. The number of nitrogens with one attached hydrogen (secondary N) is 2. The molecule has 0 bridgehead atoms. The summed E-state index contributed by atoms with van der Waals surface area (Å²) in [7, 11) is -3.56. The van der Waals surface area contributed by atoms with Gasteiger partial charge in [0.2, 0.25) is 21.9 Å². The number of rotatable bonds is 10. The second-order valence-corrected chi connectivity index (χ2v) is 9.86. The van der Waals surface area contributed by atoms with E-state index in [1.165, 1.54) is 6.39 Å². The molecule has 0 aliphatic rings. The summed E-state index contributed by atoms with van der Waals surface area (Å²) in [5.74, 6) is 0.962. The molecule has 0 saturated carbocycles. The van der Waals surface area contributed by atoms with E-state index >= 15 is 0 Å². The third-order valence-corrected chi connectivity index (χ3v) is 5.23. The molecule has 0 spiro atoms. The van der Waals surface area contributed by atoms with Crippen molar-refractivity contribution in [2.45, 2.75) is 45.6 Å². The fourth-order valence-electron chi connectivity index (χ4n) is 3.29. The van der Waals surface area contributed by atoms with Gasteiger partial charge in [0.1, 0.15) is 11.3 Å². The Labute approximate surface area is 181 Å². The van der Waals surface area contributed by atoms with Crippen molar-refractivity contribution in [2.75, 3.05) is 22.9 Å². The summed E-state index contributed by atoms with van der Waals surface area (Å²) in [5, 5.41) is 12.8. The molecule has 3 rings (SSSR count). The Morgan fingerprint density at radius 2 is 1.87 bits per heavy atom. The van der Waals surface area contributed by atoms with Gasteiger partial charge in [-0.15, -0.1) is 0 Å². The van der Waals surface area contributed by atoms with Crippen molar-refractivity contribution >= 4 is 33.0 Å². The lowest BCUT2D eigenvalue weighted by atomic mass is 9.97. The van der Waals surface area contributed by atoms with Crippen LogP contribution in [-0.4, -0.2) is 52.4 Å². The molecule has 2 atom stereocenters. The molecule has 2 heterocycles. The van der Waals surface area contributed by atoms with Crippen LogP contribution in [0.5, 0.6) is 0 Å². The first kappa shape index (κ1) is 22.9. The number of aliphatic hydroxyl groups excluding tert-OH is 1. The van der Waals surface area contributed by atoms with Gasteiger partial charge in [0.15, 0.2) is 12.0 Å². The highest BCUT2D eigenvalue weighted by Gasteiger charge is 2.17. The van der Waals surface area contributed by atoms with E-state index in [0.717, 1.165) is 17.3 Å². The molecule has 1 aromatic carbocycles. The summed E-state index contributed by atoms with van der Waals surface area (Å²) in [6.07, 6.45) is 3.60. The number of sulfonamides is 1. The topological polar surface area (TPSA) is 143 Å². The zero-order valence-corrected chi connectivity index (χ0v) is 18.8. The van der Waals surface area contributed by atoms with Crippen LogP contribution in [0.25, 0.3) is 11.1 Å². The second-order valence-electron chi connectivity index (χ2n) is 8.11. The smallest absolute Gasteiger partial charge is 0.241 e. The van der Waals surface area contributed by atoms with Gasteiger partial charge in [0.25, 0.3) is 0 Å². The van der Waals surface area contributed by atoms with Gasteiger partial charge in [-0.2, -0.15) is 15.0 Å². The molecule has 11 heteroatoms. The summed E-state index contributed by atoms with van der Waals surface area (Å²) in [5.41, 5.74) is 2.49. The van der Waals surface area contributed by atoms with E-state index in [1.54, 1.807) is 0 Å². The van der Waals surface area contributed by atoms with Gasteiger partial charge in [-0.25, -0.2) is 13.4 Å². The lowest BCUT2D eigenvalue weighted by Gasteiger charge is -2.19. The third kappa shape index (κ3) is 6.59. The van der Waals surface area contributed by atoms with E-state index in [-0.39, 0.29) is 30.5 Å². The van der Waals surface area contributed by atoms with Gasteiger partial charge in [-0.1, -0.05) is 26.8 Å². The minimum atomic E-state index is -3.56. The molecule has 2 aromatic heterocycles. The van der Waals surface area contributed by atoms with Crippen LogP contribution in [-0.2, 0) is 16.4 Å². The van der Waals surface area contributed by atoms with Gasteiger partial charge < -0.3 is 14.8 Å². The predicted molar refractivity (Wildman–Crippen MR) is 118 cm³/mol. The maximum atomic E-state index is 11.7. The van der Waals surface area contributed by atoms with E-state index in [2.05, 4.69) is 30.0 Å². The predicted octanol–water partition coefficient (Wildman–Crippen LogP) is 2.55. The standard InChI is InChI=1S/C20H28N6O4S/c1-12(2)7-15(10-27)22-19-23-18(24-20(25-19)26-31(4,28)29)8-13(3)14-5-6-16-17(9-14)30-11-21-16/h5-6,9,11-13,15,27H,7-8,10H2,1-4H3,(H2,22,23,24,25,26)/t13?,15-/m1/s1. The lowest BCUT2D eigenvalue weighted by Crippen LogP contribution is -2.27. The summed E-state index contributed by atoms with van der Waals surface area (Å²) < 4.78 is 31.1. The Hall–Kier alpha value is -2.79. The quantitative estimate of drug-likeness (QED) is 0.426. The molecule has 1 unspecified atom stereocenters. The van der Waals surface area contributed by atoms with Crippen LogP contribution in [0, 0.1) is 5.92 Å². The summed E-state index contributed by atoms with van der Waals surface area (Å²) in [6.45, 7) is 6.02. The Balaban J connectivity index is 1.86. The van der Waals surface area contributed by atoms with Crippen LogP contribution < -0.4 is 10.0 Å². The molecule has 0 aliphatic carbocycles. The number of benzene rings is 1. The molecule has 3 N–H and O–H groups in total. The lowest BCUT2D eigenvalue weighted by molar-refractivity contribution is 0.259. The molecule has 168 valence electrons. The Morgan fingerprint density at radius 1 is 1.13 bits per heavy atom. The second kappa shape index (κ2) is 9.56. The Kier molecular flexibility index (Phi) is 7.06. The molecule has 0 amide bonds. The average Bonchev–Trinajstić information content (AvgIpc) is 3.13. The molecular formula is C20H28N6O4S. The molecule has 0 aliphatic heterocycles. The van der Waals surface area contributed by atoms with Crippen molar-refractivity contribution in [1.29, 1.82) is 0 Å². The highest BCUT2D eigenvalue weighted by molar-refractivity contribution is 7.91. The van der Waals surface area contributed by atoms with Gasteiger partial charge in [-0.05, 0) is 36.0 Å². The van der Waals surface area contributed by atoms with Crippen LogP contribution in [0.1, 0.15) is 44.5 Å².